The van der Waals surface area contributed by atoms with Crippen molar-refractivity contribution in [3.8, 4) is 5.75 Å². The number of ether oxygens (including phenoxy) is 1. The molecule has 2 rings (SSSR count). The minimum absolute atomic E-state index is 0.105. The maximum absolute atomic E-state index is 11.8. The van der Waals surface area contributed by atoms with Crippen molar-refractivity contribution in [2.75, 3.05) is 6.61 Å². The van der Waals surface area contributed by atoms with E-state index in [1.54, 1.807) is 31.4 Å². The molecular weight excluding hydrogens is 602 g/mol. The molecule has 0 spiro atoms. The van der Waals surface area contributed by atoms with E-state index in [-0.39, 0.29) is 12.5 Å². The summed E-state index contributed by atoms with van der Waals surface area (Å²) in [4.78, 5) is 11.8. The van der Waals surface area contributed by atoms with Crippen LogP contribution >= 0.6 is 61.1 Å². The Morgan fingerprint density at radius 3 is 2.75 bits per heavy atom. The number of carbonyl (C=O) groups excluding carboxylic acids is 1. The molecule has 0 fully saturated rings. The van der Waals surface area contributed by atoms with E-state index in [4.69, 9.17) is 9.15 Å². The topological polar surface area (TPSA) is 63.8 Å². The van der Waals surface area contributed by atoms with Gasteiger partial charge in [0.15, 0.2) is 6.61 Å². The first-order chi connectivity index (χ1) is 11.5. The van der Waals surface area contributed by atoms with Crippen LogP contribution in [0.4, 0.5) is 0 Å². The number of nitrogens with one attached hydrogen (secondary N) is 1. The molecular formula is C16H13BrI2N2O3. The van der Waals surface area contributed by atoms with E-state index in [0.717, 1.165) is 17.4 Å². The highest BCUT2D eigenvalue weighted by molar-refractivity contribution is 14.1. The third kappa shape index (κ3) is 6.20. The normalized spacial score (nSPS) is 11.8. The Bertz CT molecular complexity index is 751. The van der Waals surface area contributed by atoms with Gasteiger partial charge in [0.05, 0.1) is 12.0 Å². The summed E-state index contributed by atoms with van der Waals surface area (Å²) in [5.41, 5.74) is 3.10. The van der Waals surface area contributed by atoms with Gasteiger partial charge in [-0.2, -0.15) is 5.10 Å². The van der Waals surface area contributed by atoms with Gasteiger partial charge in [-0.15, -0.1) is 0 Å². The maximum atomic E-state index is 11.8. The molecule has 5 nitrogen and oxygen atoms in total. The zero-order valence-corrected chi connectivity index (χ0v) is 18.5. The van der Waals surface area contributed by atoms with E-state index in [1.165, 1.54) is 0 Å². The van der Waals surface area contributed by atoms with Gasteiger partial charge in [-0.25, -0.2) is 5.43 Å². The number of allylic oxidation sites excluding steroid dienone is 1. The number of furan rings is 1. The average molecular weight is 615 g/mol. The molecule has 0 aliphatic rings. The molecule has 0 aliphatic carbocycles. The van der Waals surface area contributed by atoms with E-state index in [1.807, 2.05) is 18.2 Å². The molecule has 126 valence electrons. The Hall–Kier alpha value is -0.880. The van der Waals surface area contributed by atoms with Gasteiger partial charge < -0.3 is 9.15 Å². The Morgan fingerprint density at radius 2 is 2.12 bits per heavy atom. The van der Waals surface area contributed by atoms with E-state index in [2.05, 4.69) is 71.6 Å². The SMILES string of the molecule is CC(/C=C/c1ccco1)=N\NC(=O)COc1cc(I)c(Br)c(I)c1. The molecule has 1 aromatic carbocycles. The fraction of sp³-hybridized carbons (Fsp3) is 0.125. The summed E-state index contributed by atoms with van der Waals surface area (Å²) in [6.45, 7) is 1.67. The van der Waals surface area contributed by atoms with E-state index in [9.17, 15) is 4.79 Å². The van der Waals surface area contributed by atoms with Gasteiger partial charge in [0.2, 0.25) is 0 Å². The highest BCUT2D eigenvalue weighted by Crippen LogP contribution is 2.29. The number of amides is 1. The molecule has 2 aromatic rings. The minimum Gasteiger partial charge on any atom is -0.484 e. The smallest absolute Gasteiger partial charge is 0.277 e. The predicted octanol–water partition coefficient (Wildman–Crippen LogP) is 4.84. The van der Waals surface area contributed by atoms with Gasteiger partial charge in [-0.1, -0.05) is 0 Å². The third-order valence-corrected chi connectivity index (χ3v) is 6.75. The predicted molar refractivity (Wildman–Crippen MR) is 114 cm³/mol. The van der Waals surface area contributed by atoms with Crippen LogP contribution in [0.5, 0.6) is 5.75 Å². The van der Waals surface area contributed by atoms with Gasteiger partial charge >= 0.3 is 0 Å². The molecule has 24 heavy (non-hydrogen) atoms. The van der Waals surface area contributed by atoms with Crippen molar-refractivity contribution in [1.82, 2.24) is 5.43 Å². The number of hydrogen-bond donors (Lipinski definition) is 1. The van der Waals surface area contributed by atoms with Crippen molar-refractivity contribution in [3.63, 3.8) is 0 Å². The van der Waals surface area contributed by atoms with Crippen LogP contribution in [-0.2, 0) is 4.79 Å². The lowest BCUT2D eigenvalue weighted by Crippen LogP contribution is -2.25. The van der Waals surface area contributed by atoms with Crippen LogP contribution in [-0.4, -0.2) is 18.2 Å². The summed E-state index contributed by atoms with van der Waals surface area (Å²) < 4.78 is 13.7. The summed E-state index contributed by atoms with van der Waals surface area (Å²) in [6, 6.07) is 7.36. The fourth-order valence-corrected chi connectivity index (χ4v) is 3.51. The lowest BCUT2D eigenvalue weighted by atomic mass is 10.3. The molecule has 0 saturated heterocycles. The Morgan fingerprint density at radius 1 is 1.42 bits per heavy atom. The minimum atomic E-state index is -0.325. The molecule has 1 aromatic heterocycles. The fourth-order valence-electron chi connectivity index (χ4n) is 1.57. The van der Waals surface area contributed by atoms with Crippen molar-refractivity contribution < 1.29 is 13.9 Å². The Balaban J connectivity index is 1.84. The Labute approximate surface area is 175 Å². The summed E-state index contributed by atoms with van der Waals surface area (Å²) in [5, 5.41) is 3.98. The quantitative estimate of drug-likeness (QED) is 0.219. The first-order valence-corrected chi connectivity index (χ1v) is 9.73. The maximum Gasteiger partial charge on any atom is 0.277 e. The Kier molecular flexibility index (Phi) is 7.75. The number of carbonyl (C=O) groups is 1. The summed E-state index contributed by atoms with van der Waals surface area (Å²) >= 11 is 7.89. The van der Waals surface area contributed by atoms with Gasteiger partial charge in [0.25, 0.3) is 5.91 Å². The lowest BCUT2D eigenvalue weighted by Gasteiger charge is -2.08. The van der Waals surface area contributed by atoms with Gasteiger partial charge in [-0.05, 0) is 104 Å². The van der Waals surface area contributed by atoms with E-state index < -0.39 is 0 Å². The van der Waals surface area contributed by atoms with Crippen LogP contribution in [0.2, 0.25) is 0 Å². The van der Waals surface area contributed by atoms with E-state index in [0.29, 0.717) is 11.5 Å². The van der Waals surface area contributed by atoms with Crippen LogP contribution < -0.4 is 10.2 Å². The molecule has 0 saturated carbocycles. The third-order valence-electron chi connectivity index (χ3n) is 2.72. The highest BCUT2D eigenvalue weighted by Gasteiger charge is 2.07. The van der Waals surface area contributed by atoms with Crippen LogP contribution in [0.1, 0.15) is 12.7 Å². The van der Waals surface area contributed by atoms with Crippen LogP contribution in [0.15, 0.2) is 50.6 Å². The monoisotopic (exact) mass is 614 g/mol. The number of benzene rings is 1. The first kappa shape index (κ1) is 19.4. The second-order valence-electron chi connectivity index (χ2n) is 4.63. The van der Waals surface area contributed by atoms with Crippen molar-refractivity contribution in [2.24, 2.45) is 5.10 Å². The molecule has 1 amide bonds. The second-order valence-corrected chi connectivity index (χ2v) is 7.74. The highest BCUT2D eigenvalue weighted by atomic mass is 127. The summed E-state index contributed by atoms with van der Waals surface area (Å²) in [5.74, 6) is 1.04. The molecule has 0 atom stereocenters. The largest absolute Gasteiger partial charge is 0.484 e. The first-order valence-electron chi connectivity index (χ1n) is 6.78. The number of hydrogen-bond acceptors (Lipinski definition) is 4. The van der Waals surface area contributed by atoms with Crippen molar-refractivity contribution in [2.45, 2.75) is 6.92 Å². The lowest BCUT2D eigenvalue weighted by molar-refractivity contribution is -0.123. The standard InChI is InChI=1S/C16H13BrI2N2O3/c1-10(4-5-11-3-2-6-23-11)20-21-15(22)9-24-12-7-13(18)16(17)14(19)8-12/h2-8H,9H2,1H3,(H,21,22)/b5-4+,20-10+. The van der Waals surface area contributed by atoms with Crippen molar-refractivity contribution in [1.29, 1.82) is 0 Å². The molecule has 1 heterocycles. The van der Waals surface area contributed by atoms with Gasteiger partial charge in [-0.3, -0.25) is 4.79 Å². The average Bonchev–Trinajstić information content (AvgIpc) is 3.07. The van der Waals surface area contributed by atoms with Crippen LogP contribution in [0, 0.1) is 7.14 Å². The molecule has 0 radical (unpaired) electrons. The molecule has 0 unspecified atom stereocenters. The van der Waals surface area contributed by atoms with Gasteiger partial charge in [0, 0.05) is 11.6 Å². The number of halogens is 3. The van der Waals surface area contributed by atoms with Crippen molar-refractivity contribution in [3.05, 3.63) is 54.0 Å². The zero-order valence-electron chi connectivity index (χ0n) is 12.6. The second kappa shape index (κ2) is 9.56. The van der Waals surface area contributed by atoms with Crippen LogP contribution in [0.3, 0.4) is 0 Å². The number of nitrogens with zero attached hydrogens (tertiary/aromatic N) is 1. The van der Waals surface area contributed by atoms with Crippen LogP contribution in [0.25, 0.3) is 6.08 Å². The summed E-state index contributed by atoms with van der Waals surface area (Å²) in [7, 11) is 0. The summed E-state index contributed by atoms with van der Waals surface area (Å²) in [6.07, 6.45) is 5.11. The molecule has 0 aliphatic heterocycles. The van der Waals surface area contributed by atoms with E-state index >= 15 is 0 Å². The molecule has 0 bridgehead atoms. The number of rotatable bonds is 6. The number of hydrazone groups is 1. The molecule has 8 heteroatoms. The van der Waals surface area contributed by atoms with Crippen molar-refractivity contribution >= 4 is 78.8 Å². The zero-order chi connectivity index (χ0) is 17.5. The molecule has 1 N–H and O–H groups in total. The van der Waals surface area contributed by atoms with Gasteiger partial charge in [0.1, 0.15) is 11.5 Å².